The quantitative estimate of drug-likeness (QED) is 0.526. The minimum absolute atomic E-state index is 0.0504. The van der Waals surface area contributed by atoms with Crippen molar-refractivity contribution in [3.63, 3.8) is 0 Å². The number of ether oxygens (including phenoxy) is 1. The molecule has 0 heterocycles. The molecule has 1 atom stereocenters. The zero-order chi connectivity index (χ0) is 22.2. The summed E-state index contributed by atoms with van der Waals surface area (Å²) < 4.78 is 5.86. The van der Waals surface area contributed by atoms with Gasteiger partial charge in [-0.3, -0.25) is 4.79 Å². The molecule has 0 saturated carbocycles. The Hall–Kier alpha value is -3.51. The van der Waals surface area contributed by atoms with E-state index in [2.05, 4.69) is 5.32 Å². The second-order valence-electron chi connectivity index (χ2n) is 7.13. The first-order chi connectivity index (χ1) is 14.9. The third kappa shape index (κ3) is 6.76. The molecule has 0 radical (unpaired) electrons. The van der Waals surface area contributed by atoms with Gasteiger partial charge in [0.15, 0.2) is 0 Å². The smallest absolute Gasteiger partial charge is 0.312 e. The van der Waals surface area contributed by atoms with Gasteiger partial charge in [-0.1, -0.05) is 54.1 Å². The fourth-order valence-electron chi connectivity index (χ4n) is 3.17. The first-order valence-corrected chi connectivity index (χ1v) is 10.2. The van der Waals surface area contributed by atoms with Crippen LogP contribution < -0.4 is 15.8 Å². The van der Waals surface area contributed by atoms with Gasteiger partial charge in [0, 0.05) is 18.6 Å². The molecule has 7 heteroatoms. The second kappa shape index (κ2) is 10.5. The molecule has 0 aliphatic heterocycles. The number of nitrogens with one attached hydrogen (secondary N) is 1. The van der Waals surface area contributed by atoms with Crippen molar-refractivity contribution < 1.29 is 14.3 Å². The Kier molecular flexibility index (Phi) is 7.51. The SMILES string of the molecule is CN(Cc1cccc(Cl)c1)C(=O)CC(NC(N)=O)c1cccc(Oc2ccccc2)c1. The number of nitrogens with zero attached hydrogens (tertiary/aromatic N) is 1. The topological polar surface area (TPSA) is 84.7 Å². The molecule has 1 unspecified atom stereocenters. The molecule has 0 fully saturated rings. The van der Waals surface area contributed by atoms with E-state index >= 15 is 0 Å². The lowest BCUT2D eigenvalue weighted by molar-refractivity contribution is -0.130. The predicted octanol–water partition coefficient (Wildman–Crippen LogP) is 4.89. The van der Waals surface area contributed by atoms with Crippen LogP contribution in [-0.4, -0.2) is 23.9 Å². The molecule has 3 rings (SSSR count). The molecule has 160 valence electrons. The molecule has 0 aliphatic rings. The first-order valence-electron chi connectivity index (χ1n) is 9.78. The number of amides is 3. The third-order valence-corrected chi connectivity index (χ3v) is 4.90. The van der Waals surface area contributed by atoms with Crippen LogP contribution in [0.2, 0.25) is 5.02 Å². The lowest BCUT2D eigenvalue weighted by Crippen LogP contribution is -2.37. The molecular weight excluding hydrogens is 414 g/mol. The van der Waals surface area contributed by atoms with Crippen LogP contribution >= 0.6 is 11.6 Å². The molecule has 0 saturated heterocycles. The Bertz CT molecular complexity index is 1040. The highest BCUT2D eigenvalue weighted by molar-refractivity contribution is 6.30. The molecule has 0 aliphatic carbocycles. The average molecular weight is 438 g/mol. The Morgan fingerprint density at radius 3 is 2.42 bits per heavy atom. The minimum atomic E-state index is -0.704. The zero-order valence-electron chi connectivity index (χ0n) is 17.1. The van der Waals surface area contributed by atoms with Gasteiger partial charge in [0.2, 0.25) is 5.91 Å². The van der Waals surface area contributed by atoms with Gasteiger partial charge >= 0.3 is 6.03 Å². The Balaban J connectivity index is 1.73. The van der Waals surface area contributed by atoms with Crippen LogP contribution in [-0.2, 0) is 11.3 Å². The Morgan fingerprint density at radius 1 is 1.00 bits per heavy atom. The van der Waals surface area contributed by atoms with Crippen molar-refractivity contribution in [3.05, 3.63) is 95.0 Å². The fourth-order valence-corrected chi connectivity index (χ4v) is 3.38. The summed E-state index contributed by atoms with van der Waals surface area (Å²) in [6, 6.07) is 22.6. The van der Waals surface area contributed by atoms with E-state index in [1.807, 2.05) is 66.7 Å². The summed E-state index contributed by atoms with van der Waals surface area (Å²) in [6.07, 6.45) is 0.0504. The average Bonchev–Trinajstić information content (AvgIpc) is 2.74. The van der Waals surface area contributed by atoms with Gasteiger partial charge in [0.1, 0.15) is 11.5 Å². The molecule has 3 amide bonds. The van der Waals surface area contributed by atoms with Gasteiger partial charge in [0.25, 0.3) is 0 Å². The van der Waals surface area contributed by atoms with E-state index in [-0.39, 0.29) is 12.3 Å². The molecule has 0 spiro atoms. The summed E-state index contributed by atoms with van der Waals surface area (Å²) in [4.78, 5) is 26.0. The number of hydrogen-bond acceptors (Lipinski definition) is 3. The standard InChI is InChI=1S/C24H24ClN3O3/c1-28(16-17-7-5-9-19(25)13-17)23(29)15-22(27-24(26)30)18-8-6-12-21(14-18)31-20-10-3-2-4-11-20/h2-14,22H,15-16H2,1H3,(H3,26,27,30). The van der Waals surface area contributed by atoms with E-state index in [0.717, 1.165) is 11.1 Å². The number of benzene rings is 3. The van der Waals surface area contributed by atoms with Crippen molar-refractivity contribution in [1.29, 1.82) is 0 Å². The maximum absolute atomic E-state index is 12.8. The monoisotopic (exact) mass is 437 g/mol. The lowest BCUT2D eigenvalue weighted by atomic mass is 10.0. The number of urea groups is 1. The van der Waals surface area contributed by atoms with Gasteiger partial charge in [-0.05, 0) is 47.5 Å². The zero-order valence-corrected chi connectivity index (χ0v) is 17.9. The lowest BCUT2D eigenvalue weighted by Gasteiger charge is -2.23. The maximum atomic E-state index is 12.8. The summed E-state index contributed by atoms with van der Waals surface area (Å²) >= 11 is 6.03. The number of nitrogens with two attached hydrogens (primary N) is 1. The Labute approximate surface area is 186 Å². The number of hydrogen-bond donors (Lipinski definition) is 2. The van der Waals surface area contributed by atoms with Crippen molar-refractivity contribution >= 4 is 23.5 Å². The van der Waals surface area contributed by atoms with Gasteiger partial charge < -0.3 is 20.7 Å². The van der Waals surface area contributed by atoms with Crippen molar-refractivity contribution in [3.8, 4) is 11.5 Å². The molecule has 0 bridgehead atoms. The van der Waals surface area contributed by atoms with Crippen LogP contribution in [0.1, 0.15) is 23.6 Å². The highest BCUT2D eigenvalue weighted by Gasteiger charge is 2.21. The van der Waals surface area contributed by atoms with Crippen molar-refractivity contribution in [2.24, 2.45) is 5.73 Å². The predicted molar refractivity (Wildman–Crippen MR) is 121 cm³/mol. The van der Waals surface area contributed by atoms with E-state index < -0.39 is 12.1 Å². The van der Waals surface area contributed by atoms with E-state index in [1.165, 1.54) is 0 Å². The van der Waals surface area contributed by atoms with Gasteiger partial charge in [0.05, 0.1) is 12.5 Å². The molecule has 0 aromatic heterocycles. The number of primary amides is 1. The van der Waals surface area contributed by atoms with Gasteiger partial charge in [-0.25, -0.2) is 4.79 Å². The highest BCUT2D eigenvalue weighted by Crippen LogP contribution is 2.26. The summed E-state index contributed by atoms with van der Waals surface area (Å²) in [5, 5.41) is 3.27. The number of rotatable bonds is 8. The highest BCUT2D eigenvalue weighted by atomic mass is 35.5. The largest absolute Gasteiger partial charge is 0.457 e. The van der Waals surface area contributed by atoms with Crippen LogP contribution in [0.15, 0.2) is 78.9 Å². The Morgan fingerprint density at radius 2 is 1.71 bits per heavy atom. The number of carbonyl (C=O) groups excluding carboxylic acids is 2. The molecule has 31 heavy (non-hydrogen) atoms. The summed E-state index contributed by atoms with van der Waals surface area (Å²) in [5.41, 5.74) is 7.00. The van der Waals surface area contributed by atoms with Crippen molar-refractivity contribution in [1.82, 2.24) is 10.2 Å². The van der Waals surface area contributed by atoms with Gasteiger partial charge in [-0.15, -0.1) is 0 Å². The van der Waals surface area contributed by atoms with Crippen molar-refractivity contribution in [2.75, 3.05) is 7.05 Å². The maximum Gasteiger partial charge on any atom is 0.312 e. The van der Waals surface area contributed by atoms with Crippen LogP contribution in [0.5, 0.6) is 11.5 Å². The van der Waals surface area contributed by atoms with Crippen LogP contribution in [0, 0.1) is 0 Å². The summed E-state index contributed by atoms with van der Waals surface area (Å²) in [5.74, 6) is 1.14. The minimum Gasteiger partial charge on any atom is -0.457 e. The van der Waals surface area contributed by atoms with E-state index in [0.29, 0.717) is 23.1 Å². The number of para-hydroxylation sites is 1. The fraction of sp³-hybridized carbons (Fsp3) is 0.167. The van der Waals surface area contributed by atoms with Gasteiger partial charge in [-0.2, -0.15) is 0 Å². The molecular formula is C24H24ClN3O3. The normalized spacial score (nSPS) is 11.4. The van der Waals surface area contributed by atoms with Crippen LogP contribution in [0.3, 0.4) is 0 Å². The molecule has 3 aromatic rings. The van der Waals surface area contributed by atoms with E-state index in [9.17, 15) is 9.59 Å². The molecule has 6 nitrogen and oxygen atoms in total. The molecule has 3 aromatic carbocycles. The van der Waals surface area contributed by atoms with Crippen LogP contribution in [0.25, 0.3) is 0 Å². The third-order valence-electron chi connectivity index (χ3n) is 4.67. The number of carbonyl (C=O) groups is 2. The number of halogens is 1. The summed E-state index contributed by atoms with van der Waals surface area (Å²) in [6.45, 7) is 0.403. The van der Waals surface area contributed by atoms with E-state index in [1.54, 1.807) is 24.1 Å². The van der Waals surface area contributed by atoms with Crippen LogP contribution in [0.4, 0.5) is 4.79 Å². The second-order valence-corrected chi connectivity index (χ2v) is 7.57. The molecule has 3 N–H and O–H groups in total. The van der Waals surface area contributed by atoms with E-state index in [4.69, 9.17) is 22.1 Å². The summed E-state index contributed by atoms with van der Waals surface area (Å²) in [7, 11) is 1.71. The van der Waals surface area contributed by atoms with Crippen molar-refractivity contribution in [2.45, 2.75) is 19.0 Å². The first kappa shape index (κ1) is 22.2.